The van der Waals surface area contributed by atoms with Crippen LogP contribution in [0, 0.1) is 0 Å². The van der Waals surface area contributed by atoms with Crippen LogP contribution in [-0.4, -0.2) is 52.3 Å². The number of amides is 1. The largest absolute Gasteiger partial charge is 0.480 e. The van der Waals surface area contributed by atoms with Gasteiger partial charge < -0.3 is 19.5 Å². The standard InChI is InChI=1S/C15H13N3O5S/c19-13-9(3-8-1-2-11-12(4-8)23-7-22-11)16-15(17-13)18-6-24-5-10(18)14(20)21/h1-4,10H,5-7H2,(H,20,21)(H,16,17,19)/b9-3+/t10-/m0/s1. The molecule has 9 heteroatoms. The Bertz CT molecular complexity index is 791. The predicted molar refractivity (Wildman–Crippen MR) is 86.7 cm³/mol. The molecule has 4 rings (SSSR count). The van der Waals surface area contributed by atoms with Crippen LogP contribution < -0.4 is 14.8 Å². The summed E-state index contributed by atoms with van der Waals surface area (Å²) in [4.78, 5) is 29.2. The number of nitrogens with zero attached hydrogens (tertiary/aromatic N) is 2. The second-order valence-electron chi connectivity index (χ2n) is 5.36. The van der Waals surface area contributed by atoms with Gasteiger partial charge in [-0.2, -0.15) is 0 Å². The number of carboxylic acids is 1. The molecule has 8 nitrogen and oxygen atoms in total. The van der Waals surface area contributed by atoms with E-state index in [1.54, 1.807) is 29.2 Å². The van der Waals surface area contributed by atoms with E-state index in [2.05, 4.69) is 10.3 Å². The Hall–Kier alpha value is -2.68. The highest BCUT2D eigenvalue weighted by atomic mass is 32.2. The number of hydrogen-bond acceptors (Lipinski definition) is 7. The van der Waals surface area contributed by atoms with E-state index in [-0.39, 0.29) is 24.4 Å². The number of fused-ring (bicyclic) bond motifs is 1. The van der Waals surface area contributed by atoms with Gasteiger partial charge in [0.25, 0.3) is 5.91 Å². The maximum Gasteiger partial charge on any atom is 0.327 e. The molecule has 0 aromatic heterocycles. The number of carbonyl (C=O) groups is 2. The van der Waals surface area contributed by atoms with Crippen molar-refractivity contribution in [2.45, 2.75) is 6.04 Å². The van der Waals surface area contributed by atoms with Crippen molar-refractivity contribution in [3.05, 3.63) is 29.5 Å². The molecule has 0 spiro atoms. The van der Waals surface area contributed by atoms with Crippen LogP contribution >= 0.6 is 11.8 Å². The second kappa shape index (κ2) is 5.75. The fourth-order valence-corrected chi connectivity index (χ4v) is 3.76. The van der Waals surface area contributed by atoms with Crippen LogP contribution in [0.4, 0.5) is 0 Å². The van der Waals surface area contributed by atoms with Crippen molar-refractivity contribution >= 4 is 35.7 Å². The monoisotopic (exact) mass is 347 g/mol. The molecule has 1 aromatic carbocycles. The molecule has 1 amide bonds. The van der Waals surface area contributed by atoms with E-state index >= 15 is 0 Å². The summed E-state index contributed by atoms with van der Waals surface area (Å²) in [5, 5.41) is 11.9. The molecule has 24 heavy (non-hydrogen) atoms. The Labute approximate surface area is 141 Å². The molecule has 1 atom stereocenters. The summed E-state index contributed by atoms with van der Waals surface area (Å²) in [7, 11) is 0. The summed E-state index contributed by atoms with van der Waals surface area (Å²) in [5.74, 6) is 1.22. The molecule has 3 aliphatic rings. The van der Waals surface area contributed by atoms with Gasteiger partial charge in [-0.15, -0.1) is 11.8 Å². The number of rotatable bonds is 2. The molecule has 3 aliphatic heterocycles. The molecule has 1 fully saturated rings. The zero-order chi connectivity index (χ0) is 16.7. The van der Waals surface area contributed by atoms with Gasteiger partial charge in [-0.1, -0.05) is 6.07 Å². The number of hydrogen-bond donors (Lipinski definition) is 2. The van der Waals surface area contributed by atoms with Gasteiger partial charge >= 0.3 is 5.97 Å². The van der Waals surface area contributed by atoms with Gasteiger partial charge in [-0.3, -0.25) is 10.1 Å². The minimum atomic E-state index is -0.926. The topological polar surface area (TPSA) is 100 Å². The van der Waals surface area contributed by atoms with E-state index in [4.69, 9.17) is 9.47 Å². The number of nitrogens with one attached hydrogen (secondary N) is 1. The number of guanidine groups is 1. The Morgan fingerprint density at radius 1 is 1.42 bits per heavy atom. The normalized spacial score (nSPS) is 23.6. The van der Waals surface area contributed by atoms with Crippen LogP contribution in [-0.2, 0) is 9.59 Å². The number of aliphatic imine (C=N–C) groups is 1. The summed E-state index contributed by atoms with van der Waals surface area (Å²) in [6.45, 7) is 0.182. The lowest BCUT2D eigenvalue weighted by Gasteiger charge is -2.21. The number of thioether (sulfide) groups is 1. The maximum atomic E-state index is 12.1. The highest BCUT2D eigenvalue weighted by Gasteiger charge is 2.36. The van der Waals surface area contributed by atoms with Gasteiger partial charge in [0.05, 0.1) is 5.88 Å². The van der Waals surface area contributed by atoms with Gasteiger partial charge in [0.15, 0.2) is 11.5 Å². The molecule has 0 saturated carbocycles. The minimum absolute atomic E-state index is 0.182. The molecule has 1 aromatic rings. The van der Waals surface area contributed by atoms with Crippen molar-refractivity contribution in [1.29, 1.82) is 0 Å². The average Bonchev–Trinajstić information content (AvgIpc) is 3.26. The zero-order valence-corrected chi connectivity index (χ0v) is 13.2. The minimum Gasteiger partial charge on any atom is -0.480 e. The third-order valence-corrected chi connectivity index (χ3v) is 4.84. The first-order valence-electron chi connectivity index (χ1n) is 7.20. The Morgan fingerprint density at radius 3 is 3.08 bits per heavy atom. The van der Waals surface area contributed by atoms with Crippen molar-refractivity contribution in [1.82, 2.24) is 10.2 Å². The van der Waals surface area contributed by atoms with Crippen molar-refractivity contribution in [2.24, 2.45) is 4.99 Å². The fourth-order valence-electron chi connectivity index (χ4n) is 2.61. The zero-order valence-electron chi connectivity index (χ0n) is 12.4. The average molecular weight is 347 g/mol. The highest BCUT2D eigenvalue weighted by Crippen LogP contribution is 2.33. The lowest BCUT2D eigenvalue weighted by atomic mass is 10.1. The molecule has 3 heterocycles. The van der Waals surface area contributed by atoms with Crippen molar-refractivity contribution in [3.8, 4) is 11.5 Å². The number of benzene rings is 1. The molecule has 2 N–H and O–H groups in total. The Kier molecular flexibility index (Phi) is 3.57. The molecular weight excluding hydrogens is 334 g/mol. The summed E-state index contributed by atoms with van der Waals surface area (Å²) in [6.07, 6.45) is 1.63. The van der Waals surface area contributed by atoms with Crippen molar-refractivity contribution in [2.75, 3.05) is 18.4 Å². The van der Waals surface area contributed by atoms with E-state index in [9.17, 15) is 14.7 Å². The van der Waals surface area contributed by atoms with Crippen LogP contribution in [0.15, 0.2) is 28.9 Å². The number of carbonyl (C=O) groups excluding carboxylic acids is 1. The maximum absolute atomic E-state index is 12.1. The van der Waals surface area contributed by atoms with Crippen molar-refractivity contribution < 1.29 is 24.2 Å². The van der Waals surface area contributed by atoms with Crippen LogP contribution in [0.25, 0.3) is 6.08 Å². The highest BCUT2D eigenvalue weighted by molar-refractivity contribution is 7.99. The summed E-state index contributed by atoms with van der Waals surface area (Å²) < 4.78 is 10.6. The molecular formula is C15H13N3O5S. The first-order chi connectivity index (χ1) is 11.6. The van der Waals surface area contributed by atoms with E-state index in [1.807, 2.05) is 0 Å². The predicted octanol–water partition coefficient (Wildman–Crippen LogP) is 0.701. The lowest BCUT2D eigenvalue weighted by Crippen LogP contribution is -2.47. The van der Waals surface area contributed by atoms with Gasteiger partial charge in [0.2, 0.25) is 12.8 Å². The van der Waals surface area contributed by atoms with Crippen LogP contribution in [0.5, 0.6) is 11.5 Å². The van der Waals surface area contributed by atoms with Gasteiger partial charge in [0, 0.05) is 5.75 Å². The van der Waals surface area contributed by atoms with Gasteiger partial charge in [-0.25, -0.2) is 9.79 Å². The van der Waals surface area contributed by atoms with Crippen LogP contribution in [0.1, 0.15) is 5.56 Å². The Morgan fingerprint density at radius 2 is 2.25 bits per heavy atom. The summed E-state index contributed by atoms with van der Waals surface area (Å²) in [5.41, 5.74) is 0.977. The third kappa shape index (κ3) is 2.56. The van der Waals surface area contributed by atoms with E-state index in [0.29, 0.717) is 23.1 Å². The number of ether oxygens (including phenoxy) is 2. The number of aliphatic carboxylic acids is 1. The smallest absolute Gasteiger partial charge is 0.327 e. The summed E-state index contributed by atoms with van der Waals surface area (Å²) >= 11 is 1.49. The quantitative estimate of drug-likeness (QED) is 0.760. The molecule has 0 unspecified atom stereocenters. The van der Waals surface area contributed by atoms with E-state index in [0.717, 1.165) is 5.56 Å². The van der Waals surface area contributed by atoms with Crippen LogP contribution in [0.3, 0.4) is 0 Å². The van der Waals surface area contributed by atoms with Gasteiger partial charge in [-0.05, 0) is 23.8 Å². The molecule has 0 aliphatic carbocycles. The first-order valence-corrected chi connectivity index (χ1v) is 8.36. The second-order valence-corrected chi connectivity index (χ2v) is 6.36. The summed E-state index contributed by atoms with van der Waals surface area (Å²) in [6, 6.07) is 4.65. The van der Waals surface area contributed by atoms with Crippen molar-refractivity contribution in [3.63, 3.8) is 0 Å². The van der Waals surface area contributed by atoms with E-state index in [1.165, 1.54) is 11.8 Å². The third-order valence-electron chi connectivity index (χ3n) is 3.82. The molecule has 0 radical (unpaired) electrons. The molecule has 1 saturated heterocycles. The fraction of sp³-hybridized carbons (Fsp3) is 0.267. The molecule has 124 valence electrons. The SMILES string of the molecule is O=C1NC(N2CSC[C@H]2C(=O)O)=N/C1=C/c1ccc2c(c1)OCO2. The number of carboxylic acid groups (broad SMARTS) is 1. The van der Waals surface area contributed by atoms with E-state index < -0.39 is 12.0 Å². The lowest BCUT2D eigenvalue weighted by molar-refractivity contribution is -0.140. The van der Waals surface area contributed by atoms with Gasteiger partial charge in [0.1, 0.15) is 11.7 Å². The Balaban J connectivity index is 1.60. The first kappa shape index (κ1) is 14.9. The van der Waals surface area contributed by atoms with Crippen LogP contribution in [0.2, 0.25) is 0 Å². The molecule has 0 bridgehead atoms.